The predicted molar refractivity (Wildman–Crippen MR) is 73.1 cm³/mol. The zero-order valence-electron chi connectivity index (χ0n) is 11.6. The third kappa shape index (κ3) is 2.56. The molecule has 2 heterocycles. The first-order chi connectivity index (χ1) is 8.56. The summed E-state index contributed by atoms with van der Waals surface area (Å²) < 4.78 is 5.47. The van der Waals surface area contributed by atoms with Gasteiger partial charge in [0.1, 0.15) is 18.0 Å². The predicted octanol–water partition coefficient (Wildman–Crippen LogP) is 2.23. The number of ether oxygens (including phenoxy) is 1. The number of rotatable bonds is 4. The molecule has 2 rings (SSSR count). The van der Waals surface area contributed by atoms with E-state index in [0.717, 1.165) is 36.8 Å². The van der Waals surface area contributed by atoms with E-state index < -0.39 is 0 Å². The highest BCUT2D eigenvalue weighted by Gasteiger charge is 2.31. The molecule has 0 spiro atoms. The fourth-order valence-corrected chi connectivity index (χ4v) is 2.29. The van der Waals surface area contributed by atoms with Gasteiger partial charge in [0.25, 0.3) is 0 Å². The molecule has 1 aromatic heterocycles. The Balaban J connectivity index is 2.32. The first-order valence-electron chi connectivity index (χ1n) is 6.44. The lowest BCUT2D eigenvalue weighted by atomic mass is 9.99. The number of nitrogens with one attached hydrogen (secondary N) is 2. The quantitative estimate of drug-likeness (QED) is 0.858. The molecule has 1 aromatic rings. The van der Waals surface area contributed by atoms with E-state index in [0.29, 0.717) is 5.92 Å². The van der Waals surface area contributed by atoms with Crippen molar-refractivity contribution in [3.05, 3.63) is 11.9 Å². The van der Waals surface area contributed by atoms with Crippen molar-refractivity contribution in [1.82, 2.24) is 9.97 Å². The van der Waals surface area contributed by atoms with Crippen LogP contribution in [0.4, 0.5) is 11.6 Å². The summed E-state index contributed by atoms with van der Waals surface area (Å²) in [5.41, 5.74) is 1.11. The lowest BCUT2D eigenvalue weighted by Crippen LogP contribution is -2.36. The summed E-state index contributed by atoms with van der Waals surface area (Å²) in [6.45, 7) is 8.01. The van der Waals surface area contributed by atoms with Crippen LogP contribution < -0.4 is 10.6 Å². The number of nitrogens with zero attached hydrogens (tertiary/aromatic N) is 2. The molecule has 5 heteroatoms. The summed E-state index contributed by atoms with van der Waals surface area (Å²) in [5.74, 6) is 2.17. The topological polar surface area (TPSA) is 59.1 Å². The van der Waals surface area contributed by atoms with E-state index in [2.05, 4.69) is 41.4 Å². The van der Waals surface area contributed by atoms with Gasteiger partial charge in [-0.05, 0) is 19.3 Å². The van der Waals surface area contributed by atoms with Gasteiger partial charge in [-0.1, -0.05) is 13.8 Å². The van der Waals surface area contributed by atoms with Crippen LogP contribution in [0, 0.1) is 0 Å². The first-order valence-corrected chi connectivity index (χ1v) is 6.44. The van der Waals surface area contributed by atoms with Gasteiger partial charge in [0, 0.05) is 19.2 Å². The third-order valence-corrected chi connectivity index (χ3v) is 3.34. The van der Waals surface area contributed by atoms with Gasteiger partial charge in [-0.3, -0.25) is 0 Å². The Bertz CT molecular complexity index is 413. The summed E-state index contributed by atoms with van der Waals surface area (Å²) in [4.78, 5) is 8.68. The maximum atomic E-state index is 5.47. The van der Waals surface area contributed by atoms with Gasteiger partial charge in [-0.25, -0.2) is 9.97 Å². The van der Waals surface area contributed by atoms with E-state index in [1.807, 2.05) is 7.05 Å². The van der Waals surface area contributed by atoms with Crippen LogP contribution in [-0.4, -0.2) is 35.8 Å². The zero-order valence-corrected chi connectivity index (χ0v) is 11.6. The second-order valence-electron chi connectivity index (χ2n) is 5.38. The van der Waals surface area contributed by atoms with Crippen molar-refractivity contribution in [2.45, 2.75) is 38.6 Å². The summed E-state index contributed by atoms with van der Waals surface area (Å²) in [7, 11) is 1.89. The smallest absolute Gasteiger partial charge is 0.135 e. The van der Waals surface area contributed by atoms with Gasteiger partial charge in [-0.15, -0.1) is 0 Å². The Morgan fingerprint density at radius 3 is 2.61 bits per heavy atom. The number of aromatic nitrogens is 2. The molecule has 0 saturated carbocycles. The van der Waals surface area contributed by atoms with Crippen molar-refractivity contribution in [3.8, 4) is 0 Å². The van der Waals surface area contributed by atoms with Crippen molar-refractivity contribution in [2.75, 3.05) is 30.9 Å². The summed E-state index contributed by atoms with van der Waals surface area (Å²) in [6.07, 6.45) is 2.60. The van der Waals surface area contributed by atoms with E-state index in [1.165, 1.54) is 0 Å². The van der Waals surface area contributed by atoms with Crippen molar-refractivity contribution in [2.24, 2.45) is 0 Å². The molecule has 2 N–H and O–H groups in total. The van der Waals surface area contributed by atoms with Gasteiger partial charge in [0.15, 0.2) is 0 Å². The van der Waals surface area contributed by atoms with Crippen LogP contribution in [0.2, 0.25) is 0 Å². The molecule has 0 bridgehead atoms. The number of anilines is 2. The molecule has 1 aliphatic heterocycles. The standard InChI is InChI=1S/C13H22N4O/c1-9(2)10-11(14-4)15-8-16-12(10)17-13(3)5-6-18-7-13/h8-9H,5-7H2,1-4H3,(H2,14,15,16,17). The number of hydrogen-bond acceptors (Lipinski definition) is 5. The minimum atomic E-state index is -0.0248. The highest BCUT2D eigenvalue weighted by molar-refractivity contribution is 5.59. The second kappa shape index (κ2) is 5.10. The molecule has 0 amide bonds. The van der Waals surface area contributed by atoms with Crippen molar-refractivity contribution in [1.29, 1.82) is 0 Å². The van der Waals surface area contributed by atoms with E-state index in [9.17, 15) is 0 Å². The first kappa shape index (κ1) is 13.1. The molecule has 0 aliphatic carbocycles. The van der Waals surface area contributed by atoms with Gasteiger partial charge >= 0.3 is 0 Å². The van der Waals surface area contributed by atoms with Crippen molar-refractivity contribution < 1.29 is 4.74 Å². The molecule has 18 heavy (non-hydrogen) atoms. The van der Waals surface area contributed by atoms with Gasteiger partial charge < -0.3 is 15.4 Å². The Morgan fingerprint density at radius 2 is 2.06 bits per heavy atom. The minimum absolute atomic E-state index is 0.0248. The van der Waals surface area contributed by atoms with E-state index in [4.69, 9.17) is 4.74 Å². The molecule has 100 valence electrons. The summed E-state index contributed by atoms with van der Waals surface area (Å²) in [6, 6.07) is 0. The highest BCUT2D eigenvalue weighted by atomic mass is 16.5. The van der Waals surface area contributed by atoms with Crippen LogP contribution in [0.25, 0.3) is 0 Å². The Hall–Kier alpha value is -1.36. The van der Waals surface area contributed by atoms with E-state index in [-0.39, 0.29) is 5.54 Å². The zero-order chi connectivity index (χ0) is 13.2. The fraction of sp³-hybridized carbons (Fsp3) is 0.692. The van der Waals surface area contributed by atoms with E-state index in [1.54, 1.807) is 6.33 Å². The second-order valence-corrected chi connectivity index (χ2v) is 5.38. The van der Waals surface area contributed by atoms with Crippen LogP contribution in [0.5, 0.6) is 0 Å². The Morgan fingerprint density at radius 1 is 1.33 bits per heavy atom. The lowest BCUT2D eigenvalue weighted by Gasteiger charge is -2.27. The van der Waals surface area contributed by atoms with Crippen LogP contribution >= 0.6 is 0 Å². The van der Waals surface area contributed by atoms with Crippen LogP contribution in [0.1, 0.15) is 38.7 Å². The molecule has 0 aromatic carbocycles. The molecule has 1 saturated heterocycles. The molecular formula is C13H22N4O. The van der Waals surface area contributed by atoms with Gasteiger partial charge in [0.05, 0.1) is 12.1 Å². The van der Waals surface area contributed by atoms with Gasteiger partial charge in [0.2, 0.25) is 0 Å². The Labute approximate surface area is 108 Å². The lowest BCUT2D eigenvalue weighted by molar-refractivity contribution is 0.185. The molecular weight excluding hydrogens is 228 g/mol. The SMILES string of the molecule is CNc1ncnc(NC2(C)CCOC2)c1C(C)C. The average Bonchev–Trinajstić information content (AvgIpc) is 2.75. The average molecular weight is 250 g/mol. The molecule has 1 unspecified atom stereocenters. The molecule has 1 aliphatic rings. The number of hydrogen-bond donors (Lipinski definition) is 2. The third-order valence-electron chi connectivity index (χ3n) is 3.34. The summed E-state index contributed by atoms with van der Waals surface area (Å²) in [5, 5.41) is 6.66. The molecule has 1 atom stereocenters. The normalized spacial score (nSPS) is 23.4. The highest BCUT2D eigenvalue weighted by Crippen LogP contribution is 2.31. The van der Waals surface area contributed by atoms with Crippen LogP contribution in [-0.2, 0) is 4.74 Å². The van der Waals surface area contributed by atoms with Crippen LogP contribution in [0.3, 0.4) is 0 Å². The van der Waals surface area contributed by atoms with Crippen molar-refractivity contribution >= 4 is 11.6 Å². The maximum absolute atomic E-state index is 5.47. The monoisotopic (exact) mass is 250 g/mol. The molecule has 0 radical (unpaired) electrons. The van der Waals surface area contributed by atoms with Crippen molar-refractivity contribution in [3.63, 3.8) is 0 Å². The maximum Gasteiger partial charge on any atom is 0.135 e. The van der Waals surface area contributed by atoms with Crippen LogP contribution in [0.15, 0.2) is 6.33 Å². The fourth-order valence-electron chi connectivity index (χ4n) is 2.29. The summed E-state index contributed by atoms with van der Waals surface area (Å²) >= 11 is 0. The largest absolute Gasteiger partial charge is 0.379 e. The molecule has 1 fully saturated rings. The molecule has 5 nitrogen and oxygen atoms in total. The van der Waals surface area contributed by atoms with Gasteiger partial charge in [-0.2, -0.15) is 0 Å². The van der Waals surface area contributed by atoms with E-state index >= 15 is 0 Å². The minimum Gasteiger partial charge on any atom is -0.379 e. The Kier molecular flexibility index (Phi) is 3.71.